The summed E-state index contributed by atoms with van der Waals surface area (Å²) >= 11 is 0. The van der Waals surface area contributed by atoms with Crippen LogP contribution < -0.4 is 0 Å². The Labute approximate surface area is 354 Å². The summed E-state index contributed by atoms with van der Waals surface area (Å²) in [5.74, 6) is -1.35. The number of esters is 3. The van der Waals surface area contributed by atoms with Crippen LogP contribution in [0.3, 0.4) is 0 Å². The van der Waals surface area contributed by atoms with Gasteiger partial charge in [0.1, 0.15) is 11.5 Å². The van der Waals surface area contributed by atoms with Crippen molar-refractivity contribution in [1.82, 2.24) is 0 Å². The second-order valence-corrected chi connectivity index (χ2v) is 15.4. The summed E-state index contributed by atoms with van der Waals surface area (Å²) in [6.07, 6.45) is 15.2. The molecule has 0 spiro atoms. The Bertz CT molecular complexity index is 1850. The van der Waals surface area contributed by atoms with Crippen LogP contribution in [0.5, 0.6) is 11.5 Å². The average Bonchev–Trinajstić information content (AvgIpc) is 3.26. The molecule has 10 heteroatoms. The molecule has 3 N–H and O–H groups in total. The Morgan fingerprint density at radius 1 is 0.400 bits per heavy atom. The molecule has 0 saturated carbocycles. The van der Waals surface area contributed by atoms with Crippen LogP contribution in [-0.4, -0.2) is 59.0 Å². The van der Waals surface area contributed by atoms with E-state index in [0.717, 1.165) is 131 Å². The standard InChI is InChI=1S/C50H62O10/c51-45-31-27-40(28-32-45)38-19-23-43(24-20-38)49(56)59-35-13-7-6-11-17-42(16-10-4-2-1-3-5-12-18-47(53)54)48(55)58-36-14-8-9-15-37-60-50(57)44-25-21-39(22-26-44)41-29-33-46(52)34-30-41/h19-34,42,51-52H,1-18,35-37H2,(H,53,54). The Kier molecular flexibility index (Phi) is 21.3. The predicted molar refractivity (Wildman–Crippen MR) is 233 cm³/mol. The molecule has 0 bridgehead atoms. The number of benzene rings is 4. The quantitative estimate of drug-likeness (QED) is 0.0273. The van der Waals surface area contributed by atoms with Crippen LogP contribution in [0.2, 0.25) is 0 Å². The zero-order valence-electron chi connectivity index (χ0n) is 34.9. The van der Waals surface area contributed by atoms with E-state index in [0.29, 0.717) is 30.9 Å². The van der Waals surface area contributed by atoms with Crippen molar-refractivity contribution in [2.24, 2.45) is 5.92 Å². The zero-order valence-corrected chi connectivity index (χ0v) is 34.9. The molecular formula is C50H62O10. The van der Waals surface area contributed by atoms with Crippen molar-refractivity contribution < 1.29 is 48.7 Å². The van der Waals surface area contributed by atoms with E-state index in [2.05, 4.69) is 0 Å². The van der Waals surface area contributed by atoms with Gasteiger partial charge in [0.05, 0.1) is 36.9 Å². The summed E-state index contributed by atoms with van der Waals surface area (Å²) in [4.78, 5) is 49.0. The number of ether oxygens (including phenoxy) is 3. The molecule has 4 aromatic rings. The molecule has 60 heavy (non-hydrogen) atoms. The van der Waals surface area contributed by atoms with E-state index < -0.39 is 5.97 Å². The van der Waals surface area contributed by atoms with Crippen LogP contribution in [-0.2, 0) is 23.8 Å². The number of carboxylic acids is 1. The molecule has 4 rings (SSSR count). The van der Waals surface area contributed by atoms with Gasteiger partial charge in [0, 0.05) is 6.42 Å². The van der Waals surface area contributed by atoms with Crippen molar-refractivity contribution in [3.8, 4) is 33.8 Å². The number of phenols is 2. The fourth-order valence-electron chi connectivity index (χ4n) is 7.03. The normalized spacial score (nSPS) is 11.5. The minimum absolute atomic E-state index is 0.139. The van der Waals surface area contributed by atoms with Gasteiger partial charge in [-0.1, -0.05) is 106 Å². The van der Waals surface area contributed by atoms with Crippen LogP contribution in [0.25, 0.3) is 22.3 Å². The van der Waals surface area contributed by atoms with E-state index in [1.807, 2.05) is 48.5 Å². The fourth-order valence-corrected chi connectivity index (χ4v) is 7.03. The topological polar surface area (TPSA) is 157 Å². The van der Waals surface area contributed by atoms with E-state index in [-0.39, 0.29) is 41.7 Å². The summed E-state index contributed by atoms with van der Waals surface area (Å²) in [5, 5.41) is 27.8. The van der Waals surface area contributed by atoms with Gasteiger partial charge in [-0.15, -0.1) is 0 Å². The first kappa shape index (κ1) is 47.0. The highest BCUT2D eigenvalue weighted by Crippen LogP contribution is 2.25. The van der Waals surface area contributed by atoms with Crippen molar-refractivity contribution in [2.75, 3.05) is 19.8 Å². The number of unbranched alkanes of at least 4 members (excludes halogenated alkanes) is 12. The molecular weight excluding hydrogens is 761 g/mol. The number of carbonyl (C=O) groups excluding carboxylic acids is 3. The van der Waals surface area contributed by atoms with Crippen molar-refractivity contribution in [3.05, 3.63) is 108 Å². The lowest BCUT2D eigenvalue weighted by Crippen LogP contribution is -2.18. The minimum atomic E-state index is -0.743. The second kappa shape index (κ2) is 27.2. The molecule has 0 aliphatic carbocycles. The third-order valence-electron chi connectivity index (χ3n) is 10.6. The highest BCUT2D eigenvalue weighted by atomic mass is 16.5. The number of aromatic hydroxyl groups is 2. The Balaban J connectivity index is 1.08. The van der Waals surface area contributed by atoms with Gasteiger partial charge in [0.15, 0.2) is 0 Å². The Morgan fingerprint density at radius 2 is 0.717 bits per heavy atom. The van der Waals surface area contributed by atoms with Gasteiger partial charge >= 0.3 is 23.9 Å². The molecule has 0 amide bonds. The van der Waals surface area contributed by atoms with Crippen molar-refractivity contribution in [1.29, 1.82) is 0 Å². The minimum Gasteiger partial charge on any atom is -0.508 e. The van der Waals surface area contributed by atoms with Crippen LogP contribution >= 0.6 is 0 Å². The van der Waals surface area contributed by atoms with Crippen LogP contribution in [0.1, 0.15) is 136 Å². The molecule has 0 aromatic heterocycles. The van der Waals surface area contributed by atoms with E-state index in [4.69, 9.17) is 19.3 Å². The molecule has 4 aromatic carbocycles. The SMILES string of the molecule is O=C(O)CCCCCCCCCC(CCCCCCOC(=O)c1ccc(-c2ccc(O)cc2)cc1)C(=O)OCCCCCCOC(=O)c1ccc(-c2ccc(O)cc2)cc1. The first-order valence-corrected chi connectivity index (χ1v) is 21.7. The van der Waals surface area contributed by atoms with E-state index in [9.17, 15) is 29.4 Å². The summed E-state index contributed by atoms with van der Waals surface area (Å²) in [5.41, 5.74) is 4.75. The van der Waals surface area contributed by atoms with Crippen molar-refractivity contribution >= 4 is 23.9 Å². The summed E-state index contributed by atoms with van der Waals surface area (Å²) < 4.78 is 16.7. The number of carboxylic acid groups (broad SMARTS) is 1. The largest absolute Gasteiger partial charge is 0.508 e. The summed E-state index contributed by atoms with van der Waals surface area (Å²) in [6, 6.07) is 28.2. The molecule has 0 radical (unpaired) electrons. The number of hydrogen-bond donors (Lipinski definition) is 3. The molecule has 0 aliphatic rings. The first-order chi connectivity index (χ1) is 29.2. The van der Waals surface area contributed by atoms with Gasteiger partial charge < -0.3 is 29.5 Å². The first-order valence-electron chi connectivity index (χ1n) is 21.7. The summed E-state index contributed by atoms with van der Waals surface area (Å²) in [7, 11) is 0. The summed E-state index contributed by atoms with van der Waals surface area (Å²) in [6.45, 7) is 1.02. The maximum atomic E-state index is 13.2. The Morgan fingerprint density at radius 3 is 1.10 bits per heavy atom. The zero-order chi connectivity index (χ0) is 42.8. The predicted octanol–water partition coefficient (Wildman–Crippen LogP) is 11.7. The van der Waals surface area contributed by atoms with Gasteiger partial charge in [-0.2, -0.15) is 0 Å². The molecule has 10 nitrogen and oxygen atoms in total. The highest BCUT2D eigenvalue weighted by Gasteiger charge is 2.19. The van der Waals surface area contributed by atoms with E-state index in [1.165, 1.54) is 0 Å². The second-order valence-electron chi connectivity index (χ2n) is 15.4. The molecule has 0 heterocycles. The monoisotopic (exact) mass is 822 g/mol. The van der Waals surface area contributed by atoms with Gasteiger partial charge in [0.2, 0.25) is 0 Å². The van der Waals surface area contributed by atoms with E-state index in [1.54, 1.807) is 48.5 Å². The number of aliphatic carboxylic acids is 1. The van der Waals surface area contributed by atoms with Gasteiger partial charge in [-0.05, 0) is 122 Å². The maximum absolute atomic E-state index is 13.2. The van der Waals surface area contributed by atoms with Crippen molar-refractivity contribution in [3.63, 3.8) is 0 Å². The lowest BCUT2D eigenvalue weighted by atomic mass is 9.94. The fraction of sp³-hybridized carbons (Fsp3) is 0.440. The highest BCUT2D eigenvalue weighted by molar-refractivity contribution is 5.90. The molecule has 1 unspecified atom stereocenters. The molecule has 1 atom stereocenters. The van der Waals surface area contributed by atoms with Gasteiger partial charge in [-0.25, -0.2) is 9.59 Å². The lowest BCUT2D eigenvalue weighted by Gasteiger charge is -2.16. The molecule has 0 fully saturated rings. The average molecular weight is 823 g/mol. The molecule has 0 saturated heterocycles. The third-order valence-corrected chi connectivity index (χ3v) is 10.6. The smallest absolute Gasteiger partial charge is 0.338 e. The van der Waals surface area contributed by atoms with E-state index >= 15 is 0 Å². The van der Waals surface area contributed by atoms with Gasteiger partial charge in [0.25, 0.3) is 0 Å². The number of carbonyl (C=O) groups is 4. The molecule has 322 valence electrons. The molecule has 0 aliphatic heterocycles. The number of rotatable bonds is 29. The Hall–Kier alpha value is -5.64. The van der Waals surface area contributed by atoms with Crippen molar-refractivity contribution in [2.45, 2.75) is 116 Å². The van der Waals surface area contributed by atoms with Crippen LogP contribution in [0, 0.1) is 5.92 Å². The van der Waals surface area contributed by atoms with Crippen LogP contribution in [0.15, 0.2) is 97.1 Å². The maximum Gasteiger partial charge on any atom is 0.338 e. The number of hydrogen-bond acceptors (Lipinski definition) is 9. The third kappa shape index (κ3) is 18.1. The number of phenolic OH excluding ortho intramolecular Hbond substituents is 2. The van der Waals surface area contributed by atoms with Crippen LogP contribution in [0.4, 0.5) is 0 Å². The lowest BCUT2D eigenvalue weighted by molar-refractivity contribution is -0.149. The van der Waals surface area contributed by atoms with Gasteiger partial charge in [-0.3, -0.25) is 9.59 Å².